The second-order valence-corrected chi connectivity index (χ2v) is 7.65. The van der Waals surface area contributed by atoms with Crippen LogP contribution in [0.5, 0.6) is 0 Å². The second-order valence-electron chi connectivity index (χ2n) is 7.21. The molecule has 0 saturated carbocycles. The van der Waals surface area contributed by atoms with Crippen molar-refractivity contribution in [2.45, 2.75) is 19.4 Å². The standard InChI is InChI=1S/C20H23ClN4O3/c21-16-3-1-2-15(11-16)19(26)22-12-14-4-5-25-18(10-14)17(13-23-25)20(27)24-6-8-28-9-7-24/h1-3,11,13-14H,4-10,12H2,(H,22,26)/t14-/m0/s1. The van der Waals surface area contributed by atoms with Crippen LogP contribution in [-0.2, 0) is 17.7 Å². The number of nitrogens with zero attached hydrogens (tertiary/aromatic N) is 3. The third kappa shape index (κ3) is 4.05. The fraction of sp³-hybridized carbons (Fsp3) is 0.450. The summed E-state index contributed by atoms with van der Waals surface area (Å²) >= 11 is 5.96. The lowest BCUT2D eigenvalue weighted by molar-refractivity contribution is 0.0301. The van der Waals surface area contributed by atoms with Crippen molar-refractivity contribution < 1.29 is 14.3 Å². The van der Waals surface area contributed by atoms with E-state index >= 15 is 0 Å². The maximum Gasteiger partial charge on any atom is 0.257 e. The zero-order valence-corrected chi connectivity index (χ0v) is 16.3. The molecule has 2 aliphatic heterocycles. The van der Waals surface area contributed by atoms with Gasteiger partial charge in [0.15, 0.2) is 0 Å². The zero-order valence-electron chi connectivity index (χ0n) is 15.6. The number of aryl methyl sites for hydroxylation is 1. The topological polar surface area (TPSA) is 76.5 Å². The molecule has 1 saturated heterocycles. The Kier molecular flexibility index (Phi) is 5.64. The van der Waals surface area contributed by atoms with E-state index in [1.54, 1.807) is 30.5 Å². The predicted molar refractivity (Wildman–Crippen MR) is 105 cm³/mol. The fourth-order valence-electron chi connectivity index (χ4n) is 3.76. The van der Waals surface area contributed by atoms with Crippen molar-refractivity contribution in [2.75, 3.05) is 32.8 Å². The van der Waals surface area contributed by atoms with Gasteiger partial charge >= 0.3 is 0 Å². The highest BCUT2D eigenvalue weighted by Crippen LogP contribution is 2.24. The first-order chi connectivity index (χ1) is 13.6. The Balaban J connectivity index is 1.39. The molecule has 1 fully saturated rings. The van der Waals surface area contributed by atoms with Crippen molar-refractivity contribution >= 4 is 23.4 Å². The molecule has 3 heterocycles. The van der Waals surface area contributed by atoms with E-state index in [1.165, 1.54) is 0 Å². The largest absolute Gasteiger partial charge is 0.378 e. The first kappa shape index (κ1) is 19.0. The Hall–Kier alpha value is -2.38. The molecule has 7 nitrogen and oxygen atoms in total. The molecular weight excluding hydrogens is 380 g/mol. The number of morpholine rings is 1. The predicted octanol–water partition coefficient (Wildman–Crippen LogP) is 2.00. The Morgan fingerprint density at radius 2 is 2.07 bits per heavy atom. The minimum absolute atomic E-state index is 0.0214. The first-order valence-corrected chi connectivity index (χ1v) is 9.95. The highest BCUT2D eigenvalue weighted by Gasteiger charge is 2.28. The van der Waals surface area contributed by atoms with Gasteiger partial charge in [0.05, 0.1) is 30.7 Å². The molecule has 0 radical (unpaired) electrons. The number of hydrogen-bond acceptors (Lipinski definition) is 4. The number of amides is 2. The summed E-state index contributed by atoms with van der Waals surface area (Å²) in [7, 11) is 0. The number of fused-ring (bicyclic) bond motifs is 1. The summed E-state index contributed by atoms with van der Waals surface area (Å²) in [5, 5.41) is 7.93. The van der Waals surface area contributed by atoms with E-state index < -0.39 is 0 Å². The average molecular weight is 403 g/mol. The smallest absolute Gasteiger partial charge is 0.257 e. The number of rotatable bonds is 4. The molecule has 0 aliphatic carbocycles. The van der Waals surface area contributed by atoms with Crippen molar-refractivity contribution in [3.05, 3.63) is 52.3 Å². The van der Waals surface area contributed by atoms with E-state index in [9.17, 15) is 9.59 Å². The van der Waals surface area contributed by atoms with Crippen LogP contribution in [0.15, 0.2) is 30.5 Å². The normalized spacial score (nSPS) is 19.2. The summed E-state index contributed by atoms with van der Waals surface area (Å²) < 4.78 is 7.25. The Bertz CT molecular complexity index is 876. The third-order valence-electron chi connectivity index (χ3n) is 5.35. The molecule has 28 heavy (non-hydrogen) atoms. The minimum atomic E-state index is -0.133. The summed E-state index contributed by atoms with van der Waals surface area (Å²) in [6.45, 7) is 3.69. The van der Waals surface area contributed by atoms with Gasteiger partial charge in [-0.15, -0.1) is 0 Å². The first-order valence-electron chi connectivity index (χ1n) is 9.57. The Morgan fingerprint density at radius 3 is 2.86 bits per heavy atom. The molecule has 4 rings (SSSR count). The highest BCUT2D eigenvalue weighted by atomic mass is 35.5. The SMILES string of the molecule is O=C(NC[C@H]1CCn2ncc(C(=O)N3CCOCC3)c2C1)c1cccc(Cl)c1. The van der Waals surface area contributed by atoms with Crippen molar-refractivity contribution in [1.29, 1.82) is 0 Å². The van der Waals surface area contributed by atoms with Gasteiger partial charge in [-0.3, -0.25) is 14.3 Å². The maximum atomic E-state index is 12.9. The molecule has 1 aromatic carbocycles. The van der Waals surface area contributed by atoms with Crippen LogP contribution in [0.3, 0.4) is 0 Å². The van der Waals surface area contributed by atoms with Crippen LogP contribution >= 0.6 is 11.6 Å². The number of hydrogen-bond donors (Lipinski definition) is 1. The number of aromatic nitrogens is 2. The van der Waals surface area contributed by atoms with Gasteiger partial charge in [0.25, 0.3) is 11.8 Å². The number of halogens is 1. The second kappa shape index (κ2) is 8.32. The van der Waals surface area contributed by atoms with Gasteiger partial charge < -0.3 is 15.0 Å². The number of carbonyl (C=O) groups excluding carboxylic acids is 2. The molecule has 1 atom stereocenters. The summed E-state index contributed by atoms with van der Waals surface area (Å²) in [5.41, 5.74) is 2.19. The highest BCUT2D eigenvalue weighted by molar-refractivity contribution is 6.30. The molecule has 0 unspecified atom stereocenters. The van der Waals surface area contributed by atoms with Gasteiger partial charge in [-0.2, -0.15) is 5.10 Å². The Labute approximate surface area is 168 Å². The monoisotopic (exact) mass is 402 g/mol. The minimum Gasteiger partial charge on any atom is -0.378 e. The maximum absolute atomic E-state index is 12.9. The third-order valence-corrected chi connectivity index (χ3v) is 5.58. The van der Waals surface area contributed by atoms with Gasteiger partial charge in [0.2, 0.25) is 0 Å². The summed E-state index contributed by atoms with van der Waals surface area (Å²) in [6, 6.07) is 6.91. The molecule has 1 N–H and O–H groups in total. The van der Waals surface area contributed by atoms with Crippen molar-refractivity contribution in [3.8, 4) is 0 Å². The van der Waals surface area contributed by atoms with E-state index in [-0.39, 0.29) is 17.7 Å². The average Bonchev–Trinajstić information content (AvgIpc) is 3.15. The van der Waals surface area contributed by atoms with Gasteiger partial charge in [-0.05, 0) is 37.0 Å². The van der Waals surface area contributed by atoms with Crippen LogP contribution in [0.4, 0.5) is 0 Å². The van der Waals surface area contributed by atoms with Crippen molar-refractivity contribution in [1.82, 2.24) is 20.0 Å². The van der Waals surface area contributed by atoms with Crippen molar-refractivity contribution in [3.63, 3.8) is 0 Å². The Morgan fingerprint density at radius 1 is 1.25 bits per heavy atom. The van der Waals surface area contributed by atoms with Crippen LogP contribution in [-0.4, -0.2) is 59.3 Å². The van der Waals surface area contributed by atoms with E-state index in [2.05, 4.69) is 10.4 Å². The molecule has 148 valence electrons. The quantitative estimate of drug-likeness (QED) is 0.848. The zero-order chi connectivity index (χ0) is 19.5. The summed E-state index contributed by atoms with van der Waals surface area (Å²) in [5.74, 6) is 0.155. The summed E-state index contributed by atoms with van der Waals surface area (Å²) in [6.07, 6.45) is 3.32. The molecule has 0 bridgehead atoms. The number of benzene rings is 1. The van der Waals surface area contributed by atoms with E-state index in [0.717, 1.165) is 25.1 Å². The molecular formula is C20H23ClN4O3. The van der Waals surface area contributed by atoms with Gasteiger partial charge in [0, 0.05) is 36.8 Å². The number of ether oxygens (including phenoxy) is 1. The van der Waals surface area contributed by atoms with Gasteiger partial charge in [-0.25, -0.2) is 0 Å². The summed E-state index contributed by atoms with van der Waals surface area (Å²) in [4.78, 5) is 27.0. The van der Waals surface area contributed by atoms with Gasteiger partial charge in [-0.1, -0.05) is 17.7 Å². The lowest BCUT2D eigenvalue weighted by Gasteiger charge is -2.28. The van der Waals surface area contributed by atoms with Crippen LogP contribution in [0.1, 0.15) is 32.8 Å². The fourth-order valence-corrected chi connectivity index (χ4v) is 3.95. The van der Waals surface area contributed by atoms with E-state index in [4.69, 9.17) is 16.3 Å². The van der Waals surface area contributed by atoms with Crippen LogP contribution in [0.2, 0.25) is 5.02 Å². The van der Waals surface area contributed by atoms with E-state index in [1.807, 2.05) is 9.58 Å². The molecule has 2 amide bonds. The lowest BCUT2D eigenvalue weighted by Crippen LogP contribution is -2.41. The molecule has 0 spiro atoms. The van der Waals surface area contributed by atoms with Crippen LogP contribution in [0.25, 0.3) is 0 Å². The van der Waals surface area contributed by atoms with Gasteiger partial charge in [0.1, 0.15) is 0 Å². The van der Waals surface area contributed by atoms with Crippen molar-refractivity contribution in [2.24, 2.45) is 5.92 Å². The number of nitrogens with one attached hydrogen (secondary N) is 1. The van der Waals surface area contributed by atoms with Crippen LogP contribution < -0.4 is 5.32 Å². The molecule has 2 aliphatic rings. The molecule has 8 heteroatoms. The number of carbonyl (C=O) groups is 2. The van der Waals surface area contributed by atoms with E-state index in [0.29, 0.717) is 49.0 Å². The lowest BCUT2D eigenvalue weighted by atomic mass is 9.94. The van der Waals surface area contributed by atoms with Crippen LogP contribution in [0, 0.1) is 5.92 Å². The molecule has 2 aromatic rings. The molecule has 1 aromatic heterocycles.